The van der Waals surface area contributed by atoms with E-state index in [0.717, 1.165) is 18.5 Å². The van der Waals surface area contributed by atoms with Crippen LogP contribution in [-0.2, 0) is 16.0 Å². The van der Waals surface area contributed by atoms with Crippen molar-refractivity contribution in [1.82, 2.24) is 15.6 Å². The molecule has 1 aliphatic rings. The summed E-state index contributed by atoms with van der Waals surface area (Å²) in [5.41, 5.74) is 1.03. The van der Waals surface area contributed by atoms with Crippen LogP contribution in [0.15, 0.2) is 24.4 Å². The van der Waals surface area contributed by atoms with Crippen molar-refractivity contribution in [2.45, 2.75) is 31.7 Å². The zero-order valence-corrected chi connectivity index (χ0v) is 10.2. The number of carbonyl (C=O) groups excluding carboxylic acids is 2. The van der Waals surface area contributed by atoms with E-state index in [1.165, 1.54) is 0 Å². The third-order valence-corrected chi connectivity index (χ3v) is 2.95. The minimum absolute atomic E-state index is 0.0383. The Morgan fingerprint density at radius 3 is 3.06 bits per heavy atom. The smallest absolute Gasteiger partial charge is 0.242 e. The molecule has 0 aromatic carbocycles. The number of nitrogens with one attached hydrogen (secondary N) is 2. The zero-order chi connectivity index (χ0) is 12.8. The maximum Gasteiger partial charge on any atom is 0.242 e. The molecule has 1 unspecified atom stereocenters. The number of rotatable bonds is 5. The number of amides is 2. The molecule has 0 radical (unpaired) electrons. The molecule has 0 spiro atoms. The average Bonchev–Trinajstić information content (AvgIpc) is 2.82. The minimum atomic E-state index is -0.340. The van der Waals surface area contributed by atoms with Gasteiger partial charge >= 0.3 is 0 Å². The van der Waals surface area contributed by atoms with Gasteiger partial charge in [-0.05, 0) is 31.4 Å². The van der Waals surface area contributed by atoms with E-state index in [1.54, 1.807) is 6.20 Å². The van der Waals surface area contributed by atoms with Crippen LogP contribution in [0.4, 0.5) is 0 Å². The summed E-state index contributed by atoms with van der Waals surface area (Å²) in [6, 6.07) is 5.47. The van der Waals surface area contributed by atoms with Crippen LogP contribution in [0.3, 0.4) is 0 Å². The van der Waals surface area contributed by atoms with E-state index >= 15 is 0 Å². The molecule has 18 heavy (non-hydrogen) atoms. The predicted molar refractivity (Wildman–Crippen MR) is 66.7 cm³/mol. The van der Waals surface area contributed by atoms with Crippen molar-refractivity contribution in [3.05, 3.63) is 30.1 Å². The van der Waals surface area contributed by atoms with Gasteiger partial charge in [-0.15, -0.1) is 0 Å². The van der Waals surface area contributed by atoms with Gasteiger partial charge in [-0.3, -0.25) is 14.6 Å². The number of hydrogen-bond donors (Lipinski definition) is 2. The van der Waals surface area contributed by atoms with Gasteiger partial charge in [0, 0.05) is 24.9 Å². The van der Waals surface area contributed by atoms with Gasteiger partial charge in [0.2, 0.25) is 11.8 Å². The third kappa shape index (κ3) is 3.55. The molecule has 0 aliphatic carbocycles. The normalized spacial score (nSPS) is 18.4. The first-order chi connectivity index (χ1) is 8.75. The second-order valence-corrected chi connectivity index (χ2v) is 4.37. The van der Waals surface area contributed by atoms with Gasteiger partial charge in [-0.2, -0.15) is 0 Å². The van der Waals surface area contributed by atoms with E-state index in [1.807, 2.05) is 18.2 Å². The van der Waals surface area contributed by atoms with Crippen molar-refractivity contribution in [3.8, 4) is 0 Å². The molecule has 1 aromatic heterocycles. The quantitative estimate of drug-likeness (QED) is 0.740. The topological polar surface area (TPSA) is 71.1 Å². The molecule has 1 aromatic rings. The van der Waals surface area contributed by atoms with E-state index in [4.69, 9.17) is 0 Å². The highest BCUT2D eigenvalue weighted by molar-refractivity contribution is 5.90. The van der Waals surface area contributed by atoms with Gasteiger partial charge in [-0.25, -0.2) is 0 Å². The van der Waals surface area contributed by atoms with Crippen LogP contribution in [0.1, 0.15) is 25.0 Å². The fraction of sp³-hybridized carbons (Fsp3) is 0.462. The molecular formula is C13H17N3O2. The number of carbonyl (C=O) groups is 2. The van der Waals surface area contributed by atoms with Crippen LogP contribution in [-0.4, -0.2) is 29.4 Å². The first kappa shape index (κ1) is 12.5. The van der Waals surface area contributed by atoms with Gasteiger partial charge in [-0.1, -0.05) is 6.07 Å². The molecule has 1 atom stereocenters. The highest BCUT2D eigenvalue weighted by Crippen LogP contribution is 2.06. The lowest BCUT2D eigenvalue weighted by Crippen LogP contribution is -2.41. The number of hydrogen-bond acceptors (Lipinski definition) is 3. The highest BCUT2D eigenvalue weighted by atomic mass is 16.2. The first-order valence-electron chi connectivity index (χ1n) is 6.22. The van der Waals surface area contributed by atoms with E-state index < -0.39 is 0 Å². The Labute approximate surface area is 106 Å². The van der Waals surface area contributed by atoms with Crippen LogP contribution in [0, 0.1) is 0 Å². The molecule has 5 nitrogen and oxygen atoms in total. The van der Waals surface area contributed by atoms with Crippen LogP contribution < -0.4 is 10.6 Å². The van der Waals surface area contributed by atoms with Gasteiger partial charge in [0.25, 0.3) is 0 Å². The van der Waals surface area contributed by atoms with Crippen molar-refractivity contribution >= 4 is 11.8 Å². The molecule has 0 saturated carbocycles. The third-order valence-electron chi connectivity index (χ3n) is 2.95. The lowest BCUT2D eigenvalue weighted by molar-refractivity contribution is -0.125. The maximum absolute atomic E-state index is 11.7. The van der Waals surface area contributed by atoms with E-state index in [-0.39, 0.29) is 17.9 Å². The number of nitrogens with zero attached hydrogens (tertiary/aromatic N) is 1. The summed E-state index contributed by atoms with van der Waals surface area (Å²) in [5.74, 6) is -0.120. The lowest BCUT2D eigenvalue weighted by Gasteiger charge is -2.10. The summed E-state index contributed by atoms with van der Waals surface area (Å²) < 4.78 is 0. The summed E-state index contributed by atoms with van der Waals surface area (Å²) in [4.78, 5) is 26.8. The van der Waals surface area contributed by atoms with E-state index in [9.17, 15) is 9.59 Å². The Kier molecular flexibility index (Phi) is 4.28. The Morgan fingerprint density at radius 2 is 2.39 bits per heavy atom. The number of aromatic nitrogens is 1. The summed E-state index contributed by atoms with van der Waals surface area (Å²) in [7, 11) is 0. The van der Waals surface area contributed by atoms with Gasteiger partial charge < -0.3 is 10.6 Å². The van der Waals surface area contributed by atoms with E-state index in [2.05, 4.69) is 15.6 Å². The summed E-state index contributed by atoms with van der Waals surface area (Å²) in [5, 5.41) is 5.48. The molecule has 96 valence electrons. The summed E-state index contributed by atoms with van der Waals surface area (Å²) in [6.07, 6.45) is 4.51. The van der Waals surface area contributed by atoms with Gasteiger partial charge in [0.15, 0.2) is 0 Å². The van der Waals surface area contributed by atoms with Gasteiger partial charge in [0.1, 0.15) is 6.04 Å². The van der Waals surface area contributed by atoms with Crippen LogP contribution >= 0.6 is 0 Å². The Bertz CT molecular complexity index is 420. The van der Waals surface area contributed by atoms with Crippen LogP contribution in [0.2, 0.25) is 0 Å². The zero-order valence-electron chi connectivity index (χ0n) is 10.2. The fourth-order valence-electron chi connectivity index (χ4n) is 1.96. The summed E-state index contributed by atoms with van der Waals surface area (Å²) >= 11 is 0. The molecule has 5 heteroatoms. The molecule has 1 aliphatic heterocycles. The molecule has 1 fully saturated rings. The van der Waals surface area contributed by atoms with E-state index in [0.29, 0.717) is 19.4 Å². The van der Waals surface area contributed by atoms with Crippen molar-refractivity contribution in [2.75, 3.05) is 6.54 Å². The Balaban J connectivity index is 1.63. The monoisotopic (exact) mass is 247 g/mol. The molecule has 1 saturated heterocycles. The molecule has 2 heterocycles. The highest BCUT2D eigenvalue weighted by Gasteiger charge is 2.26. The Hall–Kier alpha value is -1.91. The SMILES string of the molecule is O=C1CCC(C(=O)NCCCc2ccccn2)N1. The van der Waals surface area contributed by atoms with Crippen molar-refractivity contribution in [1.29, 1.82) is 0 Å². The molecule has 2 N–H and O–H groups in total. The Morgan fingerprint density at radius 1 is 1.50 bits per heavy atom. The fourth-order valence-corrected chi connectivity index (χ4v) is 1.96. The first-order valence-corrected chi connectivity index (χ1v) is 6.22. The second-order valence-electron chi connectivity index (χ2n) is 4.37. The predicted octanol–water partition coefficient (Wildman–Crippen LogP) is 0.409. The van der Waals surface area contributed by atoms with Crippen molar-refractivity contribution in [3.63, 3.8) is 0 Å². The van der Waals surface area contributed by atoms with Crippen molar-refractivity contribution < 1.29 is 9.59 Å². The molecular weight excluding hydrogens is 230 g/mol. The minimum Gasteiger partial charge on any atom is -0.354 e. The number of pyridine rings is 1. The standard InChI is InChI=1S/C13H17N3O2/c17-12-7-6-11(16-12)13(18)15-9-3-5-10-4-1-2-8-14-10/h1-2,4,8,11H,3,5-7,9H2,(H,15,18)(H,16,17). The molecule has 0 bridgehead atoms. The maximum atomic E-state index is 11.7. The van der Waals surface area contributed by atoms with Crippen LogP contribution in [0.5, 0.6) is 0 Å². The second kappa shape index (κ2) is 6.14. The largest absolute Gasteiger partial charge is 0.354 e. The van der Waals surface area contributed by atoms with Gasteiger partial charge in [0.05, 0.1) is 0 Å². The summed E-state index contributed by atoms with van der Waals surface area (Å²) in [6.45, 7) is 0.613. The molecule has 2 amide bonds. The van der Waals surface area contributed by atoms with Crippen molar-refractivity contribution in [2.24, 2.45) is 0 Å². The average molecular weight is 247 g/mol. The lowest BCUT2D eigenvalue weighted by atomic mass is 10.2. The number of aryl methyl sites for hydroxylation is 1. The molecule has 2 rings (SSSR count). The van der Waals surface area contributed by atoms with Crippen LogP contribution in [0.25, 0.3) is 0 Å².